The molecule has 4 heteroatoms. The second-order valence-corrected chi connectivity index (χ2v) is 4.53. The van der Waals surface area contributed by atoms with Crippen molar-refractivity contribution in [3.05, 3.63) is 0 Å². The van der Waals surface area contributed by atoms with Crippen molar-refractivity contribution in [2.45, 2.75) is 19.3 Å². The van der Waals surface area contributed by atoms with Crippen LogP contribution >= 0.6 is 0 Å². The van der Waals surface area contributed by atoms with Gasteiger partial charge in [-0.3, -0.25) is 9.69 Å². The molecule has 2 aliphatic rings. The Hall–Kier alpha value is -0.610. The maximum atomic E-state index is 11.2. The minimum atomic E-state index is 0.180. The number of carbonyl (C=O) groups is 1. The summed E-state index contributed by atoms with van der Waals surface area (Å²) in [6.07, 6.45) is 4.09. The average molecular weight is 211 g/mol. The molecule has 1 N–H and O–H groups in total. The van der Waals surface area contributed by atoms with Crippen LogP contribution in [0.3, 0.4) is 0 Å². The van der Waals surface area contributed by atoms with Crippen LogP contribution in [0.2, 0.25) is 0 Å². The summed E-state index contributed by atoms with van der Waals surface area (Å²) >= 11 is 0. The molecule has 86 valence electrons. The predicted octanol–water partition coefficient (Wildman–Crippen LogP) is -0.0959. The smallest absolute Gasteiger partial charge is 0.234 e. The van der Waals surface area contributed by atoms with Gasteiger partial charge in [0.1, 0.15) is 0 Å². The lowest BCUT2D eigenvalue weighted by molar-refractivity contribution is -0.124. The van der Waals surface area contributed by atoms with Crippen molar-refractivity contribution in [2.24, 2.45) is 0 Å². The highest BCUT2D eigenvalue weighted by Crippen LogP contribution is 2.08. The SMILES string of the molecule is O=C1CN(CCN2CCCCC2)CCN1. The third-order valence-electron chi connectivity index (χ3n) is 3.30. The van der Waals surface area contributed by atoms with Crippen LogP contribution in [0.25, 0.3) is 0 Å². The highest BCUT2D eigenvalue weighted by atomic mass is 16.2. The van der Waals surface area contributed by atoms with Crippen LogP contribution in [0.1, 0.15) is 19.3 Å². The number of carbonyl (C=O) groups excluding carboxylic acids is 1. The van der Waals surface area contributed by atoms with Crippen LogP contribution in [0.15, 0.2) is 0 Å². The Morgan fingerprint density at radius 1 is 1.00 bits per heavy atom. The Morgan fingerprint density at radius 3 is 2.47 bits per heavy atom. The number of nitrogens with one attached hydrogen (secondary N) is 1. The van der Waals surface area contributed by atoms with Gasteiger partial charge in [-0.05, 0) is 25.9 Å². The first-order valence-electron chi connectivity index (χ1n) is 6.06. The van der Waals surface area contributed by atoms with E-state index >= 15 is 0 Å². The molecule has 0 aromatic heterocycles. The first-order chi connectivity index (χ1) is 7.34. The van der Waals surface area contributed by atoms with E-state index in [1.807, 2.05) is 0 Å². The molecule has 0 unspecified atom stereocenters. The van der Waals surface area contributed by atoms with Gasteiger partial charge in [-0.15, -0.1) is 0 Å². The molecule has 4 nitrogen and oxygen atoms in total. The molecule has 2 fully saturated rings. The largest absolute Gasteiger partial charge is 0.354 e. The Kier molecular flexibility index (Phi) is 3.97. The molecule has 2 saturated heterocycles. The number of rotatable bonds is 3. The number of likely N-dealkylation sites (tertiary alicyclic amines) is 1. The molecule has 2 heterocycles. The third-order valence-corrected chi connectivity index (χ3v) is 3.30. The van der Waals surface area contributed by atoms with Crippen LogP contribution in [0.4, 0.5) is 0 Å². The number of piperazine rings is 1. The predicted molar refractivity (Wildman–Crippen MR) is 59.7 cm³/mol. The highest BCUT2D eigenvalue weighted by Gasteiger charge is 2.17. The summed E-state index contributed by atoms with van der Waals surface area (Å²) in [7, 11) is 0. The van der Waals surface area contributed by atoms with Crippen LogP contribution < -0.4 is 5.32 Å². The summed E-state index contributed by atoms with van der Waals surface area (Å²) in [6.45, 7) is 7.10. The van der Waals surface area contributed by atoms with Gasteiger partial charge in [-0.2, -0.15) is 0 Å². The van der Waals surface area contributed by atoms with Gasteiger partial charge in [0.25, 0.3) is 0 Å². The number of piperidine rings is 1. The molecular weight excluding hydrogens is 190 g/mol. The number of hydrogen-bond acceptors (Lipinski definition) is 3. The van der Waals surface area contributed by atoms with Gasteiger partial charge in [0.2, 0.25) is 5.91 Å². The Labute approximate surface area is 91.6 Å². The van der Waals surface area contributed by atoms with E-state index < -0.39 is 0 Å². The molecule has 0 aromatic rings. The quantitative estimate of drug-likeness (QED) is 0.708. The van der Waals surface area contributed by atoms with E-state index in [-0.39, 0.29) is 5.91 Å². The lowest BCUT2D eigenvalue weighted by Gasteiger charge is -2.31. The van der Waals surface area contributed by atoms with E-state index in [9.17, 15) is 4.79 Å². The van der Waals surface area contributed by atoms with E-state index in [1.165, 1.54) is 32.4 Å². The van der Waals surface area contributed by atoms with Crippen LogP contribution in [0, 0.1) is 0 Å². The Morgan fingerprint density at radius 2 is 1.73 bits per heavy atom. The van der Waals surface area contributed by atoms with Crippen molar-refractivity contribution in [1.29, 1.82) is 0 Å². The van der Waals surface area contributed by atoms with Crippen LogP contribution in [-0.2, 0) is 4.79 Å². The summed E-state index contributed by atoms with van der Waals surface area (Å²) in [6, 6.07) is 0. The van der Waals surface area contributed by atoms with Crippen LogP contribution in [0.5, 0.6) is 0 Å². The zero-order valence-corrected chi connectivity index (χ0v) is 9.37. The van der Waals surface area contributed by atoms with Crippen molar-refractivity contribution in [1.82, 2.24) is 15.1 Å². The summed E-state index contributed by atoms with van der Waals surface area (Å²) < 4.78 is 0. The number of amides is 1. The number of hydrogen-bond donors (Lipinski definition) is 1. The van der Waals surface area contributed by atoms with E-state index in [2.05, 4.69) is 15.1 Å². The maximum Gasteiger partial charge on any atom is 0.234 e. The molecule has 15 heavy (non-hydrogen) atoms. The van der Waals surface area contributed by atoms with Gasteiger partial charge < -0.3 is 10.2 Å². The first-order valence-corrected chi connectivity index (χ1v) is 6.06. The molecular formula is C11H21N3O. The van der Waals surface area contributed by atoms with Crippen molar-refractivity contribution < 1.29 is 4.79 Å². The van der Waals surface area contributed by atoms with Gasteiger partial charge in [0.05, 0.1) is 6.54 Å². The summed E-state index contributed by atoms with van der Waals surface area (Å²) in [4.78, 5) is 15.9. The fourth-order valence-electron chi connectivity index (χ4n) is 2.35. The van der Waals surface area contributed by atoms with E-state index in [1.54, 1.807) is 0 Å². The molecule has 0 bridgehead atoms. The van der Waals surface area contributed by atoms with Crippen LogP contribution in [-0.4, -0.2) is 61.5 Å². The molecule has 0 atom stereocenters. The van der Waals surface area contributed by atoms with Crippen molar-refractivity contribution in [3.63, 3.8) is 0 Å². The second-order valence-electron chi connectivity index (χ2n) is 4.53. The Bertz CT molecular complexity index is 214. The molecule has 0 aromatic carbocycles. The summed E-state index contributed by atoms with van der Waals surface area (Å²) in [5, 5.41) is 2.86. The van der Waals surface area contributed by atoms with Crippen molar-refractivity contribution in [2.75, 3.05) is 45.8 Å². The number of nitrogens with zero attached hydrogens (tertiary/aromatic N) is 2. The summed E-state index contributed by atoms with van der Waals surface area (Å²) in [5.74, 6) is 0.180. The van der Waals surface area contributed by atoms with E-state index in [0.29, 0.717) is 6.54 Å². The topological polar surface area (TPSA) is 35.6 Å². The minimum Gasteiger partial charge on any atom is -0.354 e. The average Bonchev–Trinajstić information content (AvgIpc) is 2.28. The van der Waals surface area contributed by atoms with Gasteiger partial charge in [0.15, 0.2) is 0 Å². The first kappa shape index (κ1) is 10.9. The zero-order chi connectivity index (χ0) is 10.5. The van der Waals surface area contributed by atoms with Gasteiger partial charge in [0, 0.05) is 26.2 Å². The minimum absolute atomic E-state index is 0.180. The molecule has 0 aliphatic carbocycles. The fraction of sp³-hybridized carbons (Fsp3) is 0.909. The maximum absolute atomic E-state index is 11.2. The fourth-order valence-corrected chi connectivity index (χ4v) is 2.35. The highest BCUT2D eigenvalue weighted by molar-refractivity contribution is 5.78. The van der Waals surface area contributed by atoms with Gasteiger partial charge in [-0.25, -0.2) is 0 Å². The molecule has 0 radical (unpaired) electrons. The molecule has 2 rings (SSSR count). The van der Waals surface area contributed by atoms with Gasteiger partial charge >= 0.3 is 0 Å². The zero-order valence-electron chi connectivity index (χ0n) is 9.37. The van der Waals surface area contributed by atoms with Gasteiger partial charge in [-0.1, -0.05) is 6.42 Å². The monoisotopic (exact) mass is 211 g/mol. The van der Waals surface area contributed by atoms with Crippen molar-refractivity contribution in [3.8, 4) is 0 Å². The normalized spacial score (nSPS) is 25.2. The Balaban J connectivity index is 1.65. The molecule has 0 saturated carbocycles. The molecule has 2 aliphatic heterocycles. The lowest BCUT2D eigenvalue weighted by Crippen LogP contribution is -2.49. The van der Waals surface area contributed by atoms with E-state index in [0.717, 1.165) is 26.2 Å². The molecule has 1 amide bonds. The third kappa shape index (κ3) is 3.47. The van der Waals surface area contributed by atoms with E-state index in [4.69, 9.17) is 0 Å². The second kappa shape index (κ2) is 5.47. The molecule has 0 spiro atoms. The lowest BCUT2D eigenvalue weighted by atomic mass is 10.1. The standard InChI is InChI=1S/C11H21N3O/c15-11-10-14(7-4-12-11)9-8-13-5-2-1-3-6-13/h1-10H2,(H,12,15). The van der Waals surface area contributed by atoms with Crippen molar-refractivity contribution >= 4 is 5.91 Å². The summed E-state index contributed by atoms with van der Waals surface area (Å²) in [5.41, 5.74) is 0.